The van der Waals surface area contributed by atoms with E-state index in [0.717, 1.165) is 24.0 Å². The molecule has 0 heterocycles. The molecule has 0 radical (unpaired) electrons. The monoisotopic (exact) mass is 192 g/mol. The number of hydrogen-bond donors (Lipinski definition) is 1. The van der Waals surface area contributed by atoms with Crippen LogP contribution in [-0.4, -0.2) is 11.5 Å². The van der Waals surface area contributed by atoms with Crippen LogP contribution >= 0.6 is 0 Å². The lowest BCUT2D eigenvalue weighted by Crippen LogP contribution is -2.13. The molecule has 1 unspecified atom stereocenters. The number of nitro groups is 1. The minimum absolute atomic E-state index is 0.249. The molecule has 0 saturated heterocycles. The van der Waals surface area contributed by atoms with E-state index in [9.17, 15) is 10.1 Å². The Morgan fingerprint density at radius 3 is 2.93 bits per heavy atom. The highest BCUT2D eigenvalue weighted by atomic mass is 16.6. The Morgan fingerprint density at radius 1 is 1.50 bits per heavy atom. The molecule has 1 aliphatic carbocycles. The molecule has 4 heteroatoms. The number of fused-ring (bicyclic) bond motifs is 1. The third kappa shape index (κ3) is 1.37. The maximum absolute atomic E-state index is 10.7. The van der Waals surface area contributed by atoms with E-state index < -0.39 is 0 Å². The highest BCUT2D eigenvalue weighted by Crippen LogP contribution is 2.32. The Bertz CT molecular complexity index is 376. The average Bonchev–Trinajstić information content (AvgIpc) is 2.59. The molecule has 0 spiro atoms. The first-order valence-electron chi connectivity index (χ1n) is 4.67. The van der Waals surface area contributed by atoms with E-state index in [4.69, 9.17) is 5.73 Å². The molecule has 0 aliphatic heterocycles. The lowest BCUT2D eigenvalue weighted by atomic mass is 10.1. The van der Waals surface area contributed by atoms with Crippen molar-refractivity contribution in [1.29, 1.82) is 0 Å². The fourth-order valence-corrected chi connectivity index (χ4v) is 2.06. The van der Waals surface area contributed by atoms with Crippen molar-refractivity contribution >= 4 is 5.69 Å². The van der Waals surface area contributed by atoms with Gasteiger partial charge < -0.3 is 5.73 Å². The molecule has 0 amide bonds. The standard InChI is InChI=1S/C10H12N2O2/c11-6-7-4-8-2-1-3-10(12(13)14)9(8)5-7/h1-3,7H,4-6,11H2. The second kappa shape index (κ2) is 3.38. The van der Waals surface area contributed by atoms with Gasteiger partial charge in [-0.3, -0.25) is 10.1 Å². The van der Waals surface area contributed by atoms with Crippen LogP contribution in [0.4, 0.5) is 5.69 Å². The average molecular weight is 192 g/mol. The fourth-order valence-electron chi connectivity index (χ4n) is 2.06. The molecule has 2 N–H and O–H groups in total. The van der Waals surface area contributed by atoms with Gasteiger partial charge in [0.25, 0.3) is 5.69 Å². The first kappa shape index (κ1) is 9.15. The predicted molar refractivity (Wildman–Crippen MR) is 53.0 cm³/mol. The van der Waals surface area contributed by atoms with Crippen LogP contribution in [0.15, 0.2) is 18.2 Å². The molecule has 0 fully saturated rings. The zero-order valence-electron chi connectivity index (χ0n) is 7.77. The molecule has 1 aromatic rings. The van der Waals surface area contributed by atoms with Gasteiger partial charge in [-0.1, -0.05) is 12.1 Å². The highest BCUT2D eigenvalue weighted by molar-refractivity contribution is 5.48. The number of nitro benzene ring substituents is 1. The number of hydrogen-bond acceptors (Lipinski definition) is 3. The van der Waals surface area contributed by atoms with Crippen molar-refractivity contribution < 1.29 is 4.92 Å². The molecule has 1 aliphatic rings. The van der Waals surface area contributed by atoms with Gasteiger partial charge in [-0.2, -0.15) is 0 Å². The van der Waals surface area contributed by atoms with E-state index in [-0.39, 0.29) is 10.6 Å². The van der Waals surface area contributed by atoms with Crippen molar-refractivity contribution in [3.63, 3.8) is 0 Å². The second-order valence-corrected chi connectivity index (χ2v) is 3.68. The van der Waals surface area contributed by atoms with Crippen molar-refractivity contribution in [1.82, 2.24) is 0 Å². The number of benzene rings is 1. The summed E-state index contributed by atoms with van der Waals surface area (Å²) in [6.07, 6.45) is 1.64. The SMILES string of the molecule is NCC1Cc2cccc([N+](=O)[O-])c2C1. The van der Waals surface area contributed by atoms with Gasteiger partial charge in [0.1, 0.15) is 0 Å². The van der Waals surface area contributed by atoms with E-state index in [0.29, 0.717) is 12.5 Å². The van der Waals surface area contributed by atoms with Crippen molar-refractivity contribution in [2.24, 2.45) is 11.7 Å². The van der Waals surface area contributed by atoms with E-state index in [2.05, 4.69) is 0 Å². The molecule has 0 bridgehead atoms. The fraction of sp³-hybridized carbons (Fsp3) is 0.400. The highest BCUT2D eigenvalue weighted by Gasteiger charge is 2.26. The molecular formula is C10H12N2O2. The first-order chi connectivity index (χ1) is 6.72. The summed E-state index contributed by atoms with van der Waals surface area (Å²) in [7, 11) is 0. The summed E-state index contributed by atoms with van der Waals surface area (Å²) in [4.78, 5) is 10.4. The van der Waals surface area contributed by atoms with Crippen LogP contribution in [0, 0.1) is 16.0 Å². The van der Waals surface area contributed by atoms with Gasteiger partial charge in [0.05, 0.1) is 4.92 Å². The van der Waals surface area contributed by atoms with Gasteiger partial charge in [0.2, 0.25) is 0 Å². The summed E-state index contributed by atoms with van der Waals surface area (Å²) in [5.41, 5.74) is 7.79. The van der Waals surface area contributed by atoms with Crippen LogP contribution in [0.2, 0.25) is 0 Å². The summed E-state index contributed by atoms with van der Waals surface area (Å²) in [5, 5.41) is 10.7. The normalized spacial score (nSPS) is 19.4. The van der Waals surface area contributed by atoms with Crippen molar-refractivity contribution in [3.8, 4) is 0 Å². The van der Waals surface area contributed by atoms with E-state index in [1.54, 1.807) is 12.1 Å². The summed E-state index contributed by atoms with van der Waals surface area (Å²) in [5.74, 6) is 0.381. The van der Waals surface area contributed by atoms with Crippen molar-refractivity contribution in [2.75, 3.05) is 6.54 Å². The van der Waals surface area contributed by atoms with Gasteiger partial charge in [0, 0.05) is 11.6 Å². The molecule has 1 atom stereocenters. The summed E-state index contributed by atoms with van der Waals surface area (Å²) < 4.78 is 0. The third-order valence-electron chi connectivity index (χ3n) is 2.78. The van der Waals surface area contributed by atoms with Crippen LogP contribution in [0.1, 0.15) is 11.1 Å². The quantitative estimate of drug-likeness (QED) is 0.566. The largest absolute Gasteiger partial charge is 0.330 e. The zero-order chi connectivity index (χ0) is 10.1. The Labute approximate surface area is 81.9 Å². The van der Waals surface area contributed by atoms with Crippen LogP contribution in [-0.2, 0) is 12.8 Å². The minimum Gasteiger partial charge on any atom is -0.330 e. The molecule has 14 heavy (non-hydrogen) atoms. The lowest BCUT2D eigenvalue weighted by molar-refractivity contribution is -0.385. The zero-order valence-corrected chi connectivity index (χ0v) is 7.77. The predicted octanol–water partition coefficient (Wildman–Crippen LogP) is 1.27. The van der Waals surface area contributed by atoms with Crippen LogP contribution in [0.25, 0.3) is 0 Å². The molecule has 0 aromatic heterocycles. The molecule has 1 aromatic carbocycles. The topological polar surface area (TPSA) is 69.2 Å². The number of rotatable bonds is 2. The van der Waals surface area contributed by atoms with E-state index in [1.807, 2.05) is 6.07 Å². The van der Waals surface area contributed by atoms with Gasteiger partial charge in [0.15, 0.2) is 0 Å². The summed E-state index contributed by atoms with van der Waals surface area (Å²) in [6, 6.07) is 5.27. The van der Waals surface area contributed by atoms with Crippen molar-refractivity contribution in [2.45, 2.75) is 12.8 Å². The lowest BCUT2D eigenvalue weighted by Gasteiger charge is -2.01. The van der Waals surface area contributed by atoms with Gasteiger partial charge >= 0.3 is 0 Å². The van der Waals surface area contributed by atoms with E-state index >= 15 is 0 Å². The summed E-state index contributed by atoms with van der Waals surface area (Å²) in [6.45, 7) is 0.603. The van der Waals surface area contributed by atoms with Gasteiger partial charge in [-0.05, 0) is 30.9 Å². The Morgan fingerprint density at radius 2 is 2.29 bits per heavy atom. The number of nitrogens with two attached hydrogens (primary N) is 1. The molecule has 2 rings (SSSR count). The van der Waals surface area contributed by atoms with Crippen LogP contribution < -0.4 is 5.73 Å². The maximum atomic E-state index is 10.7. The number of nitrogens with zero attached hydrogens (tertiary/aromatic N) is 1. The van der Waals surface area contributed by atoms with Crippen molar-refractivity contribution in [3.05, 3.63) is 39.4 Å². The van der Waals surface area contributed by atoms with Crippen LogP contribution in [0.3, 0.4) is 0 Å². The minimum atomic E-state index is -0.308. The van der Waals surface area contributed by atoms with Gasteiger partial charge in [-0.25, -0.2) is 0 Å². The Balaban J connectivity index is 2.41. The van der Waals surface area contributed by atoms with Crippen LogP contribution in [0.5, 0.6) is 0 Å². The van der Waals surface area contributed by atoms with E-state index in [1.165, 1.54) is 0 Å². The third-order valence-corrected chi connectivity index (χ3v) is 2.78. The Hall–Kier alpha value is -1.42. The Kier molecular flexibility index (Phi) is 2.21. The molecule has 4 nitrogen and oxygen atoms in total. The molecule has 0 saturated carbocycles. The second-order valence-electron chi connectivity index (χ2n) is 3.68. The smallest absolute Gasteiger partial charge is 0.272 e. The van der Waals surface area contributed by atoms with Gasteiger partial charge in [-0.15, -0.1) is 0 Å². The molecular weight excluding hydrogens is 180 g/mol. The first-order valence-corrected chi connectivity index (χ1v) is 4.67. The summed E-state index contributed by atoms with van der Waals surface area (Å²) >= 11 is 0. The molecule has 74 valence electrons. The maximum Gasteiger partial charge on any atom is 0.272 e.